The third-order valence-corrected chi connectivity index (χ3v) is 5.29. The standard InChI is InChI=1S/C24H25N3O3/c1-16-4-3-5-18(14-16)15-27-12-13-30-21-10-11-25-23(22(21)27)26-17(2)19-6-8-20(9-7-19)24(28)29/h3-11,14,17H,12-13,15H2,1-2H3,(H,25,26)(H,28,29). The van der Waals surface area contributed by atoms with Crippen LogP contribution >= 0.6 is 0 Å². The second-order valence-electron chi connectivity index (χ2n) is 7.56. The summed E-state index contributed by atoms with van der Waals surface area (Å²) in [4.78, 5) is 18.0. The third-order valence-electron chi connectivity index (χ3n) is 5.29. The monoisotopic (exact) mass is 403 g/mol. The van der Waals surface area contributed by atoms with E-state index in [1.54, 1.807) is 18.3 Å². The van der Waals surface area contributed by atoms with Gasteiger partial charge in [-0.15, -0.1) is 0 Å². The molecule has 1 aliphatic rings. The minimum Gasteiger partial charge on any atom is -0.489 e. The lowest BCUT2D eigenvalue weighted by Crippen LogP contribution is -2.33. The molecule has 0 saturated carbocycles. The molecule has 0 saturated heterocycles. The van der Waals surface area contributed by atoms with Crippen molar-refractivity contribution in [2.24, 2.45) is 0 Å². The lowest BCUT2D eigenvalue weighted by atomic mass is 10.1. The Balaban J connectivity index is 1.59. The number of aryl methyl sites for hydroxylation is 1. The number of aromatic carboxylic acids is 1. The van der Waals surface area contributed by atoms with E-state index in [1.165, 1.54) is 11.1 Å². The van der Waals surface area contributed by atoms with Gasteiger partial charge < -0.3 is 20.1 Å². The van der Waals surface area contributed by atoms with Gasteiger partial charge in [0.1, 0.15) is 18.0 Å². The number of aromatic nitrogens is 1. The minimum atomic E-state index is -0.926. The van der Waals surface area contributed by atoms with Gasteiger partial charge in [-0.2, -0.15) is 0 Å². The predicted octanol–water partition coefficient (Wildman–Crippen LogP) is 4.66. The fourth-order valence-corrected chi connectivity index (χ4v) is 3.73. The number of carbonyl (C=O) groups is 1. The number of nitrogens with one attached hydrogen (secondary N) is 1. The molecule has 2 heterocycles. The van der Waals surface area contributed by atoms with Gasteiger partial charge in [-0.3, -0.25) is 0 Å². The number of anilines is 2. The van der Waals surface area contributed by atoms with E-state index < -0.39 is 5.97 Å². The first kappa shape index (κ1) is 19.8. The molecule has 1 unspecified atom stereocenters. The van der Waals surface area contributed by atoms with Crippen LogP contribution in [0.5, 0.6) is 5.75 Å². The average Bonchev–Trinajstić information content (AvgIpc) is 2.74. The molecule has 1 atom stereocenters. The molecular formula is C24H25N3O3. The smallest absolute Gasteiger partial charge is 0.335 e. The first-order valence-electron chi connectivity index (χ1n) is 10.0. The van der Waals surface area contributed by atoms with Crippen molar-refractivity contribution >= 4 is 17.5 Å². The van der Waals surface area contributed by atoms with Crippen LogP contribution in [0.2, 0.25) is 0 Å². The number of hydrogen-bond acceptors (Lipinski definition) is 5. The molecule has 4 rings (SSSR count). The van der Waals surface area contributed by atoms with E-state index in [1.807, 2.05) is 25.1 Å². The second kappa shape index (κ2) is 8.45. The number of carboxylic acids is 1. The van der Waals surface area contributed by atoms with E-state index in [0.29, 0.717) is 6.61 Å². The molecule has 1 aromatic heterocycles. The summed E-state index contributed by atoms with van der Waals surface area (Å²) in [6.07, 6.45) is 1.75. The zero-order chi connectivity index (χ0) is 21.1. The van der Waals surface area contributed by atoms with Crippen molar-refractivity contribution in [2.75, 3.05) is 23.4 Å². The minimum absolute atomic E-state index is 0.0467. The average molecular weight is 403 g/mol. The number of rotatable bonds is 6. The molecule has 2 N–H and O–H groups in total. The van der Waals surface area contributed by atoms with Gasteiger partial charge >= 0.3 is 5.97 Å². The van der Waals surface area contributed by atoms with Crippen LogP contribution in [0.4, 0.5) is 11.5 Å². The van der Waals surface area contributed by atoms with Crippen molar-refractivity contribution in [3.63, 3.8) is 0 Å². The molecule has 0 aliphatic carbocycles. The Hall–Kier alpha value is -3.54. The number of fused-ring (bicyclic) bond motifs is 1. The van der Waals surface area contributed by atoms with E-state index >= 15 is 0 Å². The molecule has 3 aromatic rings. The molecule has 1 aliphatic heterocycles. The summed E-state index contributed by atoms with van der Waals surface area (Å²) in [7, 11) is 0. The van der Waals surface area contributed by atoms with Crippen LogP contribution in [0.15, 0.2) is 60.8 Å². The van der Waals surface area contributed by atoms with Crippen LogP contribution < -0.4 is 15.0 Å². The molecule has 0 bridgehead atoms. The number of ether oxygens (including phenoxy) is 1. The lowest BCUT2D eigenvalue weighted by molar-refractivity contribution is 0.0697. The van der Waals surface area contributed by atoms with E-state index in [0.717, 1.165) is 35.9 Å². The van der Waals surface area contributed by atoms with Gasteiger partial charge in [0, 0.05) is 18.8 Å². The van der Waals surface area contributed by atoms with Crippen molar-refractivity contribution < 1.29 is 14.6 Å². The molecule has 0 spiro atoms. The largest absolute Gasteiger partial charge is 0.489 e. The molecule has 6 heteroatoms. The summed E-state index contributed by atoms with van der Waals surface area (Å²) in [5.41, 5.74) is 4.71. The topological polar surface area (TPSA) is 74.7 Å². The molecule has 0 fully saturated rings. The molecule has 0 amide bonds. The first-order valence-corrected chi connectivity index (χ1v) is 10.0. The van der Waals surface area contributed by atoms with Crippen molar-refractivity contribution in [3.05, 3.63) is 83.0 Å². The van der Waals surface area contributed by atoms with Crippen LogP contribution in [-0.2, 0) is 6.54 Å². The maximum atomic E-state index is 11.1. The summed E-state index contributed by atoms with van der Waals surface area (Å²) in [5.74, 6) is 0.652. The summed E-state index contributed by atoms with van der Waals surface area (Å²) >= 11 is 0. The number of benzene rings is 2. The van der Waals surface area contributed by atoms with Crippen LogP contribution in [-0.4, -0.2) is 29.2 Å². The van der Waals surface area contributed by atoms with E-state index in [9.17, 15) is 4.79 Å². The quantitative estimate of drug-likeness (QED) is 0.624. The van der Waals surface area contributed by atoms with Crippen molar-refractivity contribution in [1.82, 2.24) is 4.98 Å². The summed E-state index contributed by atoms with van der Waals surface area (Å²) in [5, 5.41) is 12.6. The SMILES string of the molecule is Cc1cccc(CN2CCOc3ccnc(NC(C)c4ccc(C(=O)O)cc4)c32)c1. The highest BCUT2D eigenvalue weighted by atomic mass is 16.5. The Morgan fingerprint density at radius 2 is 2.03 bits per heavy atom. The Labute approximate surface area is 176 Å². The predicted molar refractivity (Wildman–Crippen MR) is 117 cm³/mol. The van der Waals surface area contributed by atoms with Gasteiger partial charge in [-0.1, -0.05) is 42.0 Å². The highest BCUT2D eigenvalue weighted by Crippen LogP contribution is 2.39. The number of carboxylic acid groups (broad SMARTS) is 1. The highest BCUT2D eigenvalue weighted by molar-refractivity contribution is 5.87. The Morgan fingerprint density at radius 1 is 1.23 bits per heavy atom. The van der Waals surface area contributed by atoms with Crippen molar-refractivity contribution in [3.8, 4) is 5.75 Å². The maximum Gasteiger partial charge on any atom is 0.335 e. The van der Waals surface area contributed by atoms with Gasteiger partial charge in [0.25, 0.3) is 0 Å². The van der Waals surface area contributed by atoms with Gasteiger partial charge in [-0.05, 0) is 37.1 Å². The zero-order valence-corrected chi connectivity index (χ0v) is 17.1. The first-order chi connectivity index (χ1) is 14.5. The van der Waals surface area contributed by atoms with E-state index in [4.69, 9.17) is 9.84 Å². The van der Waals surface area contributed by atoms with Crippen molar-refractivity contribution in [1.29, 1.82) is 0 Å². The van der Waals surface area contributed by atoms with Gasteiger partial charge in [0.05, 0.1) is 18.2 Å². The summed E-state index contributed by atoms with van der Waals surface area (Å²) in [6.45, 7) is 6.33. The molecule has 30 heavy (non-hydrogen) atoms. The number of hydrogen-bond donors (Lipinski definition) is 2. The molecule has 0 radical (unpaired) electrons. The Kier molecular flexibility index (Phi) is 5.57. The zero-order valence-electron chi connectivity index (χ0n) is 17.1. The van der Waals surface area contributed by atoms with Crippen LogP contribution in [0.1, 0.15) is 40.0 Å². The van der Waals surface area contributed by atoms with E-state index in [2.05, 4.69) is 46.4 Å². The number of pyridine rings is 1. The Bertz CT molecular complexity index is 1050. The molecular weight excluding hydrogens is 378 g/mol. The van der Waals surface area contributed by atoms with Crippen molar-refractivity contribution in [2.45, 2.75) is 26.4 Å². The molecule has 154 valence electrons. The number of nitrogens with zero attached hydrogens (tertiary/aromatic N) is 2. The highest BCUT2D eigenvalue weighted by Gasteiger charge is 2.24. The van der Waals surface area contributed by atoms with Crippen LogP contribution in [0.3, 0.4) is 0 Å². The van der Waals surface area contributed by atoms with Gasteiger partial charge in [0.15, 0.2) is 5.82 Å². The summed E-state index contributed by atoms with van der Waals surface area (Å²) in [6, 6.07) is 17.3. The fraction of sp³-hybridized carbons (Fsp3) is 0.250. The fourth-order valence-electron chi connectivity index (χ4n) is 3.73. The third kappa shape index (κ3) is 4.22. The lowest BCUT2D eigenvalue weighted by Gasteiger charge is -2.33. The normalized spacial score (nSPS) is 13.9. The van der Waals surface area contributed by atoms with E-state index in [-0.39, 0.29) is 11.6 Å². The second-order valence-corrected chi connectivity index (χ2v) is 7.56. The molecule has 6 nitrogen and oxygen atoms in total. The van der Waals surface area contributed by atoms with Gasteiger partial charge in [0.2, 0.25) is 0 Å². The maximum absolute atomic E-state index is 11.1. The van der Waals surface area contributed by atoms with Crippen LogP contribution in [0, 0.1) is 6.92 Å². The molecule has 2 aromatic carbocycles. The van der Waals surface area contributed by atoms with Crippen LogP contribution in [0.25, 0.3) is 0 Å². The van der Waals surface area contributed by atoms with Gasteiger partial charge in [-0.25, -0.2) is 9.78 Å². The Morgan fingerprint density at radius 3 is 2.77 bits per heavy atom. The summed E-state index contributed by atoms with van der Waals surface area (Å²) < 4.78 is 5.90.